The van der Waals surface area contributed by atoms with Crippen LogP contribution in [-0.4, -0.2) is 69.7 Å². The van der Waals surface area contributed by atoms with Gasteiger partial charge in [0.15, 0.2) is 11.7 Å². The van der Waals surface area contributed by atoms with Crippen molar-refractivity contribution in [1.82, 2.24) is 4.57 Å². The number of hydrogen-bond donors (Lipinski definition) is 4. The van der Waals surface area contributed by atoms with E-state index in [0.717, 1.165) is 6.07 Å². The fourth-order valence-electron chi connectivity index (χ4n) is 4.23. The van der Waals surface area contributed by atoms with Gasteiger partial charge in [-0.15, -0.1) is 0 Å². The van der Waals surface area contributed by atoms with Crippen molar-refractivity contribution < 1.29 is 39.0 Å². The molecule has 0 unspecified atom stereocenters. The van der Waals surface area contributed by atoms with Crippen molar-refractivity contribution in [3.05, 3.63) is 58.6 Å². The second-order valence-electron chi connectivity index (χ2n) is 8.34. The number of fused-ring (bicyclic) bond motifs is 1. The van der Waals surface area contributed by atoms with E-state index >= 15 is 4.39 Å². The Morgan fingerprint density at radius 1 is 1.06 bits per heavy atom. The first-order valence-electron chi connectivity index (χ1n) is 11.3. The minimum absolute atomic E-state index is 0.0186. The Hall–Kier alpha value is -3.02. The van der Waals surface area contributed by atoms with Gasteiger partial charge in [-0.3, -0.25) is 4.79 Å². The van der Waals surface area contributed by atoms with Crippen LogP contribution in [0.5, 0.6) is 11.5 Å². The van der Waals surface area contributed by atoms with E-state index in [1.54, 1.807) is 24.3 Å². The average molecular weight is 489 g/mol. The predicted octanol–water partition coefficient (Wildman–Crippen LogP) is 1.58. The molecule has 35 heavy (non-hydrogen) atoms. The Labute approximate surface area is 200 Å². The van der Waals surface area contributed by atoms with Crippen LogP contribution in [0.25, 0.3) is 22.0 Å². The highest BCUT2D eigenvalue weighted by Gasteiger charge is 2.44. The third-order valence-electron chi connectivity index (χ3n) is 6.09. The summed E-state index contributed by atoms with van der Waals surface area (Å²) in [4.78, 5) is 13.5. The van der Waals surface area contributed by atoms with E-state index in [1.165, 1.54) is 23.9 Å². The summed E-state index contributed by atoms with van der Waals surface area (Å²) in [7, 11) is 1.50. The standard InChI is InChI=1S/C25H28FNO8/c1-3-10-34-17-9-8-16(26)19-20(17)27(25-24(32)23(31)22(30)18(12-28)35-25)11-15(21(19)29)13-4-6-14(33-2)7-5-13/h4-9,11,18,22-25,28,30-32H,3,10,12H2,1-2H3/t18-,22+,23-,24+,25-/m1/s1. The summed E-state index contributed by atoms with van der Waals surface area (Å²) in [5.41, 5.74) is -0.0329. The normalized spacial score (nSPS) is 24.5. The molecule has 1 saturated heterocycles. The molecular weight excluding hydrogens is 461 g/mol. The first kappa shape index (κ1) is 25.1. The van der Waals surface area contributed by atoms with Gasteiger partial charge in [0.25, 0.3) is 0 Å². The van der Waals surface area contributed by atoms with E-state index in [-0.39, 0.29) is 28.8 Å². The summed E-state index contributed by atoms with van der Waals surface area (Å²) in [6, 6.07) is 9.07. The van der Waals surface area contributed by atoms with E-state index in [1.807, 2.05) is 6.92 Å². The van der Waals surface area contributed by atoms with Gasteiger partial charge < -0.3 is 39.2 Å². The molecule has 0 bridgehead atoms. The number of methoxy groups -OCH3 is 1. The summed E-state index contributed by atoms with van der Waals surface area (Å²) in [6.45, 7) is 1.53. The largest absolute Gasteiger partial charge is 0.497 e. The first-order chi connectivity index (χ1) is 16.8. The zero-order valence-electron chi connectivity index (χ0n) is 19.3. The first-order valence-corrected chi connectivity index (χ1v) is 11.3. The Balaban J connectivity index is 2.02. The molecule has 0 aliphatic carbocycles. The van der Waals surface area contributed by atoms with E-state index in [2.05, 4.69) is 0 Å². The highest BCUT2D eigenvalue weighted by molar-refractivity contribution is 5.89. The lowest BCUT2D eigenvalue weighted by Gasteiger charge is -2.41. The van der Waals surface area contributed by atoms with Gasteiger partial charge in [-0.2, -0.15) is 0 Å². The third-order valence-corrected chi connectivity index (χ3v) is 6.09. The van der Waals surface area contributed by atoms with Gasteiger partial charge >= 0.3 is 0 Å². The Bertz CT molecular complexity index is 1240. The van der Waals surface area contributed by atoms with Gasteiger partial charge in [-0.1, -0.05) is 19.1 Å². The topological polar surface area (TPSA) is 131 Å². The molecule has 2 aromatic carbocycles. The van der Waals surface area contributed by atoms with Gasteiger partial charge in [0.2, 0.25) is 0 Å². The quantitative estimate of drug-likeness (QED) is 0.394. The molecule has 4 rings (SSSR count). The summed E-state index contributed by atoms with van der Waals surface area (Å²) in [5.74, 6) is -0.0635. The molecule has 4 N–H and O–H groups in total. The van der Waals surface area contributed by atoms with Crippen LogP contribution in [0, 0.1) is 5.82 Å². The summed E-state index contributed by atoms with van der Waals surface area (Å²) in [5, 5.41) is 40.8. The fraction of sp³-hybridized carbons (Fsp3) is 0.400. The Morgan fingerprint density at radius 3 is 2.40 bits per heavy atom. The van der Waals surface area contributed by atoms with Crippen molar-refractivity contribution in [3.63, 3.8) is 0 Å². The zero-order valence-corrected chi connectivity index (χ0v) is 19.3. The maximum Gasteiger partial charge on any atom is 0.200 e. The number of halogens is 1. The predicted molar refractivity (Wildman–Crippen MR) is 125 cm³/mol. The molecule has 188 valence electrons. The lowest BCUT2D eigenvalue weighted by Crippen LogP contribution is -2.56. The molecule has 10 heteroatoms. The molecule has 1 aliphatic heterocycles. The van der Waals surface area contributed by atoms with Crippen molar-refractivity contribution in [2.75, 3.05) is 20.3 Å². The minimum atomic E-state index is -1.67. The van der Waals surface area contributed by atoms with Crippen molar-refractivity contribution >= 4 is 10.9 Å². The van der Waals surface area contributed by atoms with Crippen molar-refractivity contribution in [3.8, 4) is 22.6 Å². The number of aliphatic hydroxyl groups excluding tert-OH is 4. The molecule has 0 spiro atoms. The van der Waals surface area contributed by atoms with Crippen LogP contribution in [0.3, 0.4) is 0 Å². The number of pyridine rings is 1. The van der Waals surface area contributed by atoms with Gasteiger partial charge in [-0.25, -0.2) is 4.39 Å². The molecular formula is C25H28FNO8. The molecule has 9 nitrogen and oxygen atoms in total. The maximum absolute atomic E-state index is 15.2. The number of aromatic nitrogens is 1. The molecule has 2 heterocycles. The van der Waals surface area contributed by atoms with Gasteiger partial charge in [0.1, 0.15) is 41.7 Å². The summed E-state index contributed by atoms with van der Waals surface area (Å²) in [6.07, 6.45) is -5.46. The van der Waals surface area contributed by atoms with Crippen molar-refractivity contribution in [1.29, 1.82) is 0 Å². The monoisotopic (exact) mass is 489 g/mol. The van der Waals surface area contributed by atoms with Crippen LogP contribution in [-0.2, 0) is 4.74 Å². The van der Waals surface area contributed by atoms with E-state index in [9.17, 15) is 25.2 Å². The number of benzene rings is 2. The van der Waals surface area contributed by atoms with Crippen LogP contribution < -0.4 is 14.9 Å². The number of hydrogen-bond acceptors (Lipinski definition) is 8. The van der Waals surface area contributed by atoms with Gasteiger partial charge in [-0.05, 0) is 36.2 Å². The third kappa shape index (κ3) is 4.51. The van der Waals surface area contributed by atoms with Gasteiger partial charge in [0, 0.05) is 11.8 Å². The average Bonchev–Trinajstić information content (AvgIpc) is 2.87. The SMILES string of the molecule is CCCOc1ccc(F)c2c(=O)c(-c3ccc(OC)cc3)cn([C@@H]3O[C@H](CO)[C@H](O)[C@@H](O)[C@@H]3O)c12. The number of nitrogens with zero attached hydrogens (tertiary/aromatic N) is 1. The maximum atomic E-state index is 15.2. The van der Waals surface area contributed by atoms with Crippen LogP contribution in [0.15, 0.2) is 47.4 Å². The number of rotatable bonds is 7. The van der Waals surface area contributed by atoms with E-state index < -0.39 is 48.5 Å². The van der Waals surface area contributed by atoms with Crippen LogP contribution in [0.2, 0.25) is 0 Å². The van der Waals surface area contributed by atoms with Crippen LogP contribution >= 0.6 is 0 Å². The molecule has 3 aromatic rings. The summed E-state index contributed by atoms with van der Waals surface area (Å²) < 4.78 is 33.2. The Kier molecular flexibility index (Phi) is 7.39. The van der Waals surface area contributed by atoms with E-state index in [0.29, 0.717) is 17.7 Å². The van der Waals surface area contributed by atoms with Crippen LogP contribution in [0.1, 0.15) is 19.6 Å². The molecule has 0 amide bonds. The zero-order chi connectivity index (χ0) is 25.3. The molecule has 5 atom stereocenters. The smallest absolute Gasteiger partial charge is 0.200 e. The van der Waals surface area contributed by atoms with Crippen molar-refractivity contribution in [2.45, 2.75) is 44.0 Å². The molecule has 0 radical (unpaired) electrons. The summed E-state index contributed by atoms with van der Waals surface area (Å²) >= 11 is 0. The van der Waals surface area contributed by atoms with Gasteiger partial charge in [0.05, 0.1) is 31.2 Å². The minimum Gasteiger partial charge on any atom is -0.497 e. The lowest BCUT2D eigenvalue weighted by atomic mass is 9.97. The Morgan fingerprint density at radius 2 is 1.77 bits per heavy atom. The van der Waals surface area contributed by atoms with E-state index in [4.69, 9.17) is 14.2 Å². The van der Waals surface area contributed by atoms with Crippen LogP contribution in [0.4, 0.5) is 4.39 Å². The molecule has 1 fully saturated rings. The number of aliphatic hydroxyl groups is 4. The fourth-order valence-corrected chi connectivity index (χ4v) is 4.23. The second kappa shape index (κ2) is 10.3. The highest BCUT2D eigenvalue weighted by atomic mass is 19.1. The molecule has 1 aromatic heterocycles. The number of ether oxygens (including phenoxy) is 3. The molecule has 0 saturated carbocycles. The molecule has 1 aliphatic rings. The second-order valence-corrected chi connectivity index (χ2v) is 8.34. The highest BCUT2D eigenvalue weighted by Crippen LogP contribution is 2.36. The lowest BCUT2D eigenvalue weighted by molar-refractivity contribution is -0.250. The van der Waals surface area contributed by atoms with Crippen molar-refractivity contribution in [2.24, 2.45) is 0 Å².